The van der Waals surface area contributed by atoms with Crippen LogP contribution in [-0.4, -0.2) is 17.9 Å². The number of carbonyl (C=O) groups excluding carboxylic acids is 1. The number of amides is 1. The molecular weight excluding hydrogens is 253 g/mol. The van der Waals surface area contributed by atoms with Crippen LogP contribution in [0.1, 0.15) is 16.1 Å². The molecule has 0 spiro atoms. The highest BCUT2D eigenvalue weighted by atomic mass is 32.1. The van der Waals surface area contributed by atoms with Crippen molar-refractivity contribution in [3.05, 3.63) is 40.7 Å². The van der Waals surface area contributed by atoms with Crippen LogP contribution in [0.25, 0.3) is 0 Å². The number of anilines is 2. The van der Waals surface area contributed by atoms with Gasteiger partial charge in [-0.1, -0.05) is 6.07 Å². The second-order valence-electron chi connectivity index (χ2n) is 3.66. The van der Waals surface area contributed by atoms with Crippen LogP contribution < -0.4 is 10.6 Å². The zero-order chi connectivity index (χ0) is 13.1. The number of aryl methyl sites for hydroxylation is 1. The number of hydrogen-bond acceptors (Lipinski definition) is 4. The molecule has 0 aliphatic rings. The molecule has 0 saturated carbocycles. The van der Waals surface area contributed by atoms with E-state index < -0.39 is 5.82 Å². The Balaban J connectivity index is 2.26. The van der Waals surface area contributed by atoms with E-state index in [1.165, 1.54) is 23.5 Å². The number of benzene rings is 1. The minimum absolute atomic E-state index is 0.184. The molecule has 6 heteroatoms. The summed E-state index contributed by atoms with van der Waals surface area (Å²) in [6.07, 6.45) is 0. The second kappa shape index (κ2) is 5.14. The third kappa shape index (κ3) is 2.48. The number of para-hydroxylation sites is 1. The number of nitrogens with one attached hydrogen (secondary N) is 2. The Morgan fingerprint density at radius 2 is 2.22 bits per heavy atom. The topological polar surface area (TPSA) is 54.0 Å². The van der Waals surface area contributed by atoms with Gasteiger partial charge in [0.25, 0.3) is 5.91 Å². The third-order valence-electron chi connectivity index (χ3n) is 2.35. The van der Waals surface area contributed by atoms with Crippen LogP contribution in [0.4, 0.5) is 15.2 Å². The Hall–Kier alpha value is -1.95. The van der Waals surface area contributed by atoms with E-state index in [1.807, 2.05) is 12.3 Å². The van der Waals surface area contributed by atoms with E-state index in [0.29, 0.717) is 5.13 Å². The Labute approximate surface area is 108 Å². The first-order chi connectivity index (χ1) is 8.61. The van der Waals surface area contributed by atoms with Crippen LogP contribution >= 0.6 is 11.3 Å². The van der Waals surface area contributed by atoms with Crippen LogP contribution in [0, 0.1) is 12.7 Å². The fourth-order valence-electron chi connectivity index (χ4n) is 1.54. The molecule has 2 rings (SSSR count). The quantitative estimate of drug-likeness (QED) is 0.897. The van der Waals surface area contributed by atoms with Crippen molar-refractivity contribution < 1.29 is 9.18 Å². The molecule has 2 N–H and O–H groups in total. The molecule has 0 aliphatic heterocycles. The molecule has 0 atom stereocenters. The summed E-state index contributed by atoms with van der Waals surface area (Å²) in [5.74, 6) is -0.839. The fraction of sp³-hybridized carbons (Fsp3) is 0.167. The molecule has 0 bridgehead atoms. The molecule has 0 saturated heterocycles. The van der Waals surface area contributed by atoms with Gasteiger partial charge >= 0.3 is 0 Å². The molecule has 1 aromatic carbocycles. The lowest BCUT2D eigenvalue weighted by Gasteiger charge is -2.09. The molecule has 0 fully saturated rings. The first-order valence-corrected chi connectivity index (χ1v) is 6.19. The van der Waals surface area contributed by atoms with Gasteiger partial charge in [-0.3, -0.25) is 10.1 Å². The van der Waals surface area contributed by atoms with Crippen molar-refractivity contribution >= 4 is 28.1 Å². The SMILES string of the molecule is CNc1c(F)cccc1C(=O)Nc1nc(C)cs1. The van der Waals surface area contributed by atoms with Crippen molar-refractivity contribution in [3.8, 4) is 0 Å². The van der Waals surface area contributed by atoms with Gasteiger partial charge in [0.05, 0.1) is 16.9 Å². The highest BCUT2D eigenvalue weighted by Crippen LogP contribution is 2.21. The van der Waals surface area contributed by atoms with Crippen LogP contribution in [0.3, 0.4) is 0 Å². The van der Waals surface area contributed by atoms with E-state index in [-0.39, 0.29) is 17.2 Å². The van der Waals surface area contributed by atoms with Crippen LogP contribution in [-0.2, 0) is 0 Å². The van der Waals surface area contributed by atoms with E-state index in [4.69, 9.17) is 0 Å². The minimum atomic E-state index is -0.458. The molecule has 1 aromatic heterocycles. The summed E-state index contributed by atoms with van der Waals surface area (Å²) >= 11 is 1.33. The van der Waals surface area contributed by atoms with E-state index in [9.17, 15) is 9.18 Å². The number of nitrogens with zero attached hydrogens (tertiary/aromatic N) is 1. The predicted molar refractivity (Wildman–Crippen MR) is 70.8 cm³/mol. The highest BCUT2D eigenvalue weighted by molar-refractivity contribution is 7.13. The number of carbonyl (C=O) groups is 1. The van der Waals surface area contributed by atoms with E-state index in [0.717, 1.165) is 5.69 Å². The molecule has 1 amide bonds. The average molecular weight is 265 g/mol. The molecule has 2 aromatic rings. The summed E-state index contributed by atoms with van der Waals surface area (Å²) in [7, 11) is 1.57. The van der Waals surface area contributed by atoms with Gasteiger partial charge < -0.3 is 5.32 Å². The summed E-state index contributed by atoms with van der Waals surface area (Å²) in [4.78, 5) is 16.1. The summed E-state index contributed by atoms with van der Waals surface area (Å²) < 4.78 is 13.5. The maximum absolute atomic E-state index is 13.5. The van der Waals surface area contributed by atoms with Crippen LogP contribution in [0.5, 0.6) is 0 Å². The van der Waals surface area contributed by atoms with Gasteiger partial charge in [-0.2, -0.15) is 0 Å². The smallest absolute Gasteiger partial charge is 0.259 e. The van der Waals surface area contributed by atoms with Crippen molar-refractivity contribution in [1.29, 1.82) is 0 Å². The summed E-state index contributed by atoms with van der Waals surface area (Å²) in [5.41, 5.74) is 1.28. The fourth-order valence-corrected chi connectivity index (χ4v) is 2.23. The van der Waals surface area contributed by atoms with Gasteiger partial charge in [0, 0.05) is 12.4 Å². The van der Waals surface area contributed by atoms with Crippen molar-refractivity contribution in [1.82, 2.24) is 4.98 Å². The third-order valence-corrected chi connectivity index (χ3v) is 3.22. The Kier molecular flexibility index (Phi) is 3.57. The van der Waals surface area contributed by atoms with Crippen molar-refractivity contribution in [2.45, 2.75) is 6.92 Å². The molecule has 4 nitrogen and oxygen atoms in total. The summed E-state index contributed by atoms with van der Waals surface area (Å²) in [6, 6.07) is 4.36. The van der Waals surface area contributed by atoms with Gasteiger partial charge in [-0.05, 0) is 19.1 Å². The molecule has 1 heterocycles. The van der Waals surface area contributed by atoms with Gasteiger partial charge in [0.2, 0.25) is 0 Å². The minimum Gasteiger partial charge on any atom is -0.385 e. The Morgan fingerprint density at radius 3 is 2.83 bits per heavy atom. The van der Waals surface area contributed by atoms with Gasteiger partial charge in [0.1, 0.15) is 5.82 Å². The Morgan fingerprint density at radius 1 is 1.44 bits per heavy atom. The monoisotopic (exact) mass is 265 g/mol. The number of rotatable bonds is 3. The van der Waals surface area contributed by atoms with Crippen LogP contribution in [0.2, 0.25) is 0 Å². The molecule has 0 aliphatic carbocycles. The second-order valence-corrected chi connectivity index (χ2v) is 4.52. The first-order valence-electron chi connectivity index (χ1n) is 5.31. The van der Waals surface area contributed by atoms with Gasteiger partial charge in [-0.15, -0.1) is 11.3 Å². The zero-order valence-electron chi connectivity index (χ0n) is 9.95. The zero-order valence-corrected chi connectivity index (χ0v) is 10.8. The predicted octanol–water partition coefficient (Wildman–Crippen LogP) is 2.88. The van der Waals surface area contributed by atoms with E-state index in [1.54, 1.807) is 13.1 Å². The summed E-state index contributed by atoms with van der Waals surface area (Å²) in [6.45, 7) is 1.84. The lowest BCUT2D eigenvalue weighted by Crippen LogP contribution is -2.14. The summed E-state index contributed by atoms with van der Waals surface area (Å²) in [5, 5.41) is 7.66. The lowest BCUT2D eigenvalue weighted by atomic mass is 10.1. The number of halogens is 1. The number of aromatic nitrogens is 1. The highest BCUT2D eigenvalue weighted by Gasteiger charge is 2.15. The lowest BCUT2D eigenvalue weighted by molar-refractivity contribution is 0.102. The van der Waals surface area contributed by atoms with Crippen LogP contribution in [0.15, 0.2) is 23.6 Å². The van der Waals surface area contributed by atoms with Crippen molar-refractivity contribution in [3.63, 3.8) is 0 Å². The molecular formula is C12H12FN3OS. The van der Waals surface area contributed by atoms with Gasteiger partial charge in [0.15, 0.2) is 5.13 Å². The van der Waals surface area contributed by atoms with Gasteiger partial charge in [-0.25, -0.2) is 9.37 Å². The molecule has 0 radical (unpaired) electrons. The van der Waals surface area contributed by atoms with E-state index >= 15 is 0 Å². The average Bonchev–Trinajstić information content (AvgIpc) is 2.74. The first kappa shape index (κ1) is 12.5. The standard InChI is InChI=1S/C12H12FN3OS/c1-7-6-18-12(15-7)16-11(17)8-4-3-5-9(13)10(8)14-2/h3-6,14H,1-2H3,(H,15,16,17). The number of hydrogen-bond donors (Lipinski definition) is 2. The molecule has 18 heavy (non-hydrogen) atoms. The largest absolute Gasteiger partial charge is 0.385 e. The van der Waals surface area contributed by atoms with Crippen molar-refractivity contribution in [2.75, 3.05) is 17.7 Å². The maximum Gasteiger partial charge on any atom is 0.259 e. The van der Waals surface area contributed by atoms with Crippen molar-refractivity contribution in [2.24, 2.45) is 0 Å². The normalized spacial score (nSPS) is 10.2. The van der Waals surface area contributed by atoms with E-state index in [2.05, 4.69) is 15.6 Å². The molecule has 0 unspecified atom stereocenters. The maximum atomic E-state index is 13.5. The number of thiazole rings is 1. The molecule has 94 valence electrons. The Bertz CT molecular complexity index is 582.